The van der Waals surface area contributed by atoms with E-state index < -0.39 is 0 Å². The molecule has 0 N–H and O–H groups in total. The van der Waals surface area contributed by atoms with Gasteiger partial charge in [-0.3, -0.25) is 0 Å². The van der Waals surface area contributed by atoms with E-state index in [0.29, 0.717) is 26.4 Å². The van der Waals surface area contributed by atoms with Crippen molar-refractivity contribution < 1.29 is 19.0 Å². The molecule has 0 aliphatic rings. The highest BCUT2D eigenvalue weighted by molar-refractivity contribution is 7.99. The molecule has 1 aromatic carbocycles. The number of rotatable bonds is 13. The number of hydrogen-bond acceptors (Lipinski definition) is 6. The van der Waals surface area contributed by atoms with Gasteiger partial charge in [0.2, 0.25) is 0 Å². The second kappa shape index (κ2) is 13.5. The van der Waals surface area contributed by atoms with Gasteiger partial charge in [0, 0.05) is 11.5 Å². The Hall–Kier alpha value is -1.66. The van der Waals surface area contributed by atoms with Crippen molar-refractivity contribution in [2.45, 2.75) is 27.7 Å². The van der Waals surface area contributed by atoms with E-state index in [4.69, 9.17) is 14.2 Å². The minimum atomic E-state index is 0.506. The van der Waals surface area contributed by atoms with Crippen molar-refractivity contribution in [3.8, 4) is 11.5 Å². The number of nitrogens with zero attached hydrogens (tertiary/aromatic N) is 1. The summed E-state index contributed by atoms with van der Waals surface area (Å²) in [4.78, 5) is 4.68. The van der Waals surface area contributed by atoms with E-state index >= 15 is 0 Å². The average Bonchev–Trinajstić information content (AvgIpc) is 2.59. The smallest absolute Gasteiger partial charge is 0.125 e. The maximum Gasteiger partial charge on any atom is 0.125 e. The molecule has 0 aliphatic carbocycles. The molecule has 0 saturated heterocycles. The van der Waals surface area contributed by atoms with E-state index in [1.807, 2.05) is 49.9 Å². The molecule has 26 heavy (non-hydrogen) atoms. The predicted molar refractivity (Wildman–Crippen MR) is 110 cm³/mol. The van der Waals surface area contributed by atoms with Gasteiger partial charge in [0.1, 0.15) is 25.2 Å². The summed E-state index contributed by atoms with van der Waals surface area (Å²) < 4.78 is 17.2. The van der Waals surface area contributed by atoms with Crippen LogP contribution in [0.25, 0.3) is 0 Å². The largest absolute Gasteiger partial charge is 0.492 e. The van der Waals surface area contributed by atoms with Gasteiger partial charge in [-0.1, -0.05) is 17.3 Å². The van der Waals surface area contributed by atoms with E-state index in [9.17, 15) is 0 Å². The maximum absolute atomic E-state index is 5.96. The van der Waals surface area contributed by atoms with Crippen LogP contribution in [0.5, 0.6) is 11.5 Å². The molecule has 0 radical (unpaired) electrons. The van der Waals surface area contributed by atoms with E-state index in [1.54, 1.807) is 0 Å². The number of aryl methyl sites for hydroxylation is 2. The molecule has 0 spiro atoms. The Morgan fingerprint density at radius 2 is 1.81 bits per heavy atom. The molecular formula is C20H31NO4S. The summed E-state index contributed by atoms with van der Waals surface area (Å²) in [6.07, 6.45) is 3.97. The zero-order valence-corrected chi connectivity index (χ0v) is 17.4. The Morgan fingerprint density at radius 3 is 2.46 bits per heavy atom. The summed E-state index contributed by atoms with van der Waals surface area (Å²) in [7, 11) is 1.53. The van der Waals surface area contributed by atoms with Gasteiger partial charge in [-0.25, -0.2) is 0 Å². The third-order valence-corrected chi connectivity index (χ3v) is 4.33. The van der Waals surface area contributed by atoms with Crippen molar-refractivity contribution >= 4 is 17.5 Å². The highest BCUT2D eigenvalue weighted by atomic mass is 32.2. The molecular weight excluding hydrogens is 350 g/mol. The van der Waals surface area contributed by atoms with Crippen LogP contribution >= 0.6 is 11.8 Å². The van der Waals surface area contributed by atoms with Gasteiger partial charge in [-0.05, 0) is 51.0 Å². The third kappa shape index (κ3) is 9.15. The van der Waals surface area contributed by atoms with Gasteiger partial charge < -0.3 is 19.0 Å². The monoisotopic (exact) mass is 381 g/mol. The number of oxime groups is 1. The Morgan fingerprint density at radius 1 is 1.12 bits per heavy atom. The second-order valence-corrected chi connectivity index (χ2v) is 7.01. The lowest BCUT2D eigenvalue weighted by Gasteiger charge is -2.14. The quantitative estimate of drug-likeness (QED) is 0.219. The molecule has 1 rings (SSSR count). The summed E-state index contributed by atoms with van der Waals surface area (Å²) in [6, 6.07) is 4.05. The van der Waals surface area contributed by atoms with Crippen LogP contribution in [0.15, 0.2) is 29.4 Å². The number of ether oxygens (including phenoxy) is 3. The van der Waals surface area contributed by atoms with Crippen LogP contribution in [0.1, 0.15) is 25.0 Å². The normalized spacial score (nSPS) is 11.8. The van der Waals surface area contributed by atoms with Gasteiger partial charge in [0.25, 0.3) is 0 Å². The Balaban J connectivity index is 2.25. The fourth-order valence-corrected chi connectivity index (χ4v) is 2.93. The van der Waals surface area contributed by atoms with Crippen molar-refractivity contribution in [2.75, 3.05) is 45.0 Å². The summed E-state index contributed by atoms with van der Waals surface area (Å²) in [5.74, 6) is 3.68. The zero-order chi connectivity index (χ0) is 19.2. The van der Waals surface area contributed by atoms with Crippen LogP contribution in [0, 0.1) is 13.8 Å². The van der Waals surface area contributed by atoms with Gasteiger partial charge in [0.05, 0.1) is 25.5 Å². The van der Waals surface area contributed by atoms with Crippen molar-refractivity contribution in [1.29, 1.82) is 0 Å². The van der Waals surface area contributed by atoms with Gasteiger partial charge >= 0.3 is 0 Å². The molecule has 6 heteroatoms. The number of thioether (sulfide) groups is 1. The van der Waals surface area contributed by atoms with Crippen LogP contribution in [0.3, 0.4) is 0 Å². The van der Waals surface area contributed by atoms with Crippen LogP contribution < -0.4 is 9.47 Å². The van der Waals surface area contributed by atoms with E-state index in [0.717, 1.165) is 39.8 Å². The van der Waals surface area contributed by atoms with Crippen LogP contribution in [-0.4, -0.2) is 50.8 Å². The topological polar surface area (TPSA) is 49.3 Å². The average molecular weight is 382 g/mol. The molecule has 0 aromatic heterocycles. The Labute approximate surface area is 161 Å². The molecule has 0 heterocycles. The minimum absolute atomic E-state index is 0.506. The van der Waals surface area contributed by atoms with Crippen molar-refractivity contribution in [1.82, 2.24) is 0 Å². The van der Waals surface area contributed by atoms with Crippen molar-refractivity contribution in [3.63, 3.8) is 0 Å². The van der Waals surface area contributed by atoms with Crippen molar-refractivity contribution in [3.05, 3.63) is 35.4 Å². The van der Waals surface area contributed by atoms with Crippen LogP contribution in [0.4, 0.5) is 0 Å². The van der Waals surface area contributed by atoms with Gasteiger partial charge in [0.15, 0.2) is 0 Å². The first-order valence-electron chi connectivity index (χ1n) is 8.78. The first-order chi connectivity index (χ1) is 12.6. The predicted octanol–water partition coefficient (Wildman–Crippen LogP) is 4.41. The lowest BCUT2D eigenvalue weighted by Crippen LogP contribution is -2.09. The lowest BCUT2D eigenvalue weighted by atomic mass is 10.1. The maximum atomic E-state index is 5.96. The summed E-state index contributed by atoms with van der Waals surface area (Å²) >= 11 is 1.81. The number of hydrogen-bond donors (Lipinski definition) is 0. The standard InChI is InChI=1S/C20H31NO4S/c1-6-7-8-24-19-13-16(2)20(17(3)14-19)25-10-12-26-11-9-23-15-18(4)21-22-5/h6-7,13-14H,8-12,15H2,1-5H3/b7-6+,21-18?. The molecule has 5 nitrogen and oxygen atoms in total. The molecule has 0 atom stereocenters. The van der Waals surface area contributed by atoms with Crippen LogP contribution in [0.2, 0.25) is 0 Å². The fraction of sp³-hybridized carbons (Fsp3) is 0.550. The lowest BCUT2D eigenvalue weighted by molar-refractivity contribution is 0.176. The number of allylic oxidation sites excluding steroid dienone is 1. The molecule has 0 bridgehead atoms. The minimum Gasteiger partial charge on any atom is -0.492 e. The first-order valence-corrected chi connectivity index (χ1v) is 9.94. The summed E-state index contributed by atoms with van der Waals surface area (Å²) in [6.45, 7) is 10.4. The highest BCUT2D eigenvalue weighted by Crippen LogP contribution is 2.28. The molecule has 0 saturated carbocycles. The van der Waals surface area contributed by atoms with Crippen molar-refractivity contribution in [2.24, 2.45) is 5.16 Å². The second-order valence-electron chi connectivity index (χ2n) is 5.79. The fourth-order valence-electron chi connectivity index (χ4n) is 2.29. The Bertz CT molecular complexity index is 564. The summed E-state index contributed by atoms with van der Waals surface area (Å²) in [5, 5.41) is 3.80. The third-order valence-electron chi connectivity index (χ3n) is 3.42. The van der Waals surface area contributed by atoms with Gasteiger partial charge in [-0.2, -0.15) is 11.8 Å². The molecule has 0 unspecified atom stereocenters. The number of benzene rings is 1. The van der Waals surface area contributed by atoms with E-state index in [2.05, 4.69) is 23.8 Å². The first kappa shape index (κ1) is 22.4. The molecule has 1 aromatic rings. The SMILES string of the molecule is C/C=C/COc1cc(C)c(OCCSCCOCC(C)=NOC)c(C)c1. The van der Waals surface area contributed by atoms with Gasteiger partial charge in [-0.15, -0.1) is 0 Å². The molecule has 0 fully saturated rings. The van der Waals surface area contributed by atoms with E-state index in [-0.39, 0.29) is 0 Å². The molecule has 0 amide bonds. The Kier molecular flexibility index (Phi) is 11.6. The van der Waals surface area contributed by atoms with Crippen LogP contribution in [-0.2, 0) is 9.57 Å². The molecule has 146 valence electrons. The molecule has 0 aliphatic heterocycles. The zero-order valence-electron chi connectivity index (χ0n) is 16.5. The van der Waals surface area contributed by atoms with E-state index in [1.165, 1.54) is 7.11 Å². The summed E-state index contributed by atoms with van der Waals surface area (Å²) in [5.41, 5.74) is 3.04. The highest BCUT2D eigenvalue weighted by Gasteiger charge is 2.07.